The van der Waals surface area contributed by atoms with E-state index >= 15 is 0 Å². The van der Waals surface area contributed by atoms with Crippen LogP contribution >= 0.6 is 27.7 Å². The molecular formula is C14H17BrN2O3S. The zero-order chi connectivity index (χ0) is 15.2. The van der Waals surface area contributed by atoms with Crippen LogP contribution < -0.4 is 5.32 Å². The molecule has 1 unspecified atom stereocenters. The molecule has 114 valence electrons. The van der Waals surface area contributed by atoms with E-state index in [0.29, 0.717) is 0 Å². The lowest BCUT2D eigenvalue weighted by atomic mass is 10.2. The van der Waals surface area contributed by atoms with Gasteiger partial charge in [-0.1, -0.05) is 22.0 Å². The maximum Gasteiger partial charge on any atom is 0.304 e. The number of rotatable bonds is 5. The topological polar surface area (TPSA) is 69.6 Å². The highest BCUT2D eigenvalue weighted by atomic mass is 79.9. The average Bonchev–Trinajstić information content (AvgIpc) is 2.40. The Balaban J connectivity index is 1.92. The highest BCUT2D eigenvalue weighted by molar-refractivity contribution is 9.10. The summed E-state index contributed by atoms with van der Waals surface area (Å²) in [5.41, 5.74) is 0.732. The van der Waals surface area contributed by atoms with Crippen molar-refractivity contribution in [3.8, 4) is 0 Å². The van der Waals surface area contributed by atoms with Crippen LogP contribution in [0.25, 0.3) is 0 Å². The summed E-state index contributed by atoms with van der Waals surface area (Å²) >= 11 is 5.10. The Morgan fingerprint density at radius 1 is 1.48 bits per heavy atom. The number of thioether (sulfide) groups is 1. The van der Waals surface area contributed by atoms with Crippen molar-refractivity contribution in [1.82, 2.24) is 4.90 Å². The summed E-state index contributed by atoms with van der Waals surface area (Å²) in [5.74, 6) is 0.756. The summed E-state index contributed by atoms with van der Waals surface area (Å²) in [6.45, 7) is 0.972. The second-order valence-corrected chi connectivity index (χ2v) is 6.92. The van der Waals surface area contributed by atoms with E-state index < -0.39 is 5.97 Å². The van der Waals surface area contributed by atoms with Crippen molar-refractivity contribution >= 4 is 45.3 Å². The molecule has 2 rings (SSSR count). The summed E-state index contributed by atoms with van der Waals surface area (Å²) in [6, 6.07) is 7.32. The first-order valence-corrected chi connectivity index (χ1v) is 8.58. The first-order valence-electron chi connectivity index (χ1n) is 6.63. The molecule has 0 radical (unpaired) electrons. The van der Waals surface area contributed by atoms with Gasteiger partial charge in [-0.2, -0.15) is 11.8 Å². The van der Waals surface area contributed by atoms with Gasteiger partial charge in [0, 0.05) is 34.3 Å². The molecule has 1 amide bonds. The van der Waals surface area contributed by atoms with Crippen molar-refractivity contribution in [3.63, 3.8) is 0 Å². The molecule has 7 heteroatoms. The third kappa shape index (κ3) is 5.33. The molecule has 1 aliphatic heterocycles. The zero-order valence-electron chi connectivity index (χ0n) is 11.4. The summed E-state index contributed by atoms with van der Waals surface area (Å²) in [7, 11) is 0. The summed E-state index contributed by atoms with van der Waals surface area (Å²) in [4.78, 5) is 24.9. The molecule has 0 aliphatic carbocycles. The van der Waals surface area contributed by atoms with Gasteiger partial charge in [0.05, 0.1) is 13.0 Å². The molecule has 0 aromatic heterocycles. The third-order valence-electron chi connectivity index (χ3n) is 3.21. The molecule has 1 saturated heterocycles. The molecule has 21 heavy (non-hydrogen) atoms. The number of carbonyl (C=O) groups is 2. The predicted molar refractivity (Wildman–Crippen MR) is 87.7 cm³/mol. The number of hydrogen-bond donors (Lipinski definition) is 2. The normalized spacial score (nSPS) is 19.2. The summed E-state index contributed by atoms with van der Waals surface area (Å²) < 4.78 is 0.901. The first-order chi connectivity index (χ1) is 10.0. The molecule has 0 saturated carbocycles. The lowest BCUT2D eigenvalue weighted by Crippen LogP contribution is -2.47. The van der Waals surface area contributed by atoms with Gasteiger partial charge in [-0.15, -0.1) is 0 Å². The number of carboxylic acids is 1. The van der Waals surface area contributed by atoms with E-state index in [1.165, 1.54) is 0 Å². The van der Waals surface area contributed by atoms with Gasteiger partial charge in [-0.25, -0.2) is 0 Å². The minimum absolute atomic E-state index is 0.0745. The molecule has 5 nitrogen and oxygen atoms in total. The monoisotopic (exact) mass is 372 g/mol. The maximum atomic E-state index is 12.1. The number of benzene rings is 1. The van der Waals surface area contributed by atoms with E-state index in [1.807, 2.05) is 29.2 Å². The van der Waals surface area contributed by atoms with Gasteiger partial charge < -0.3 is 10.4 Å². The number of nitrogens with one attached hydrogen (secondary N) is 1. The fraction of sp³-hybridized carbons (Fsp3) is 0.429. The van der Waals surface area contributed by atoms with Crippen molar-refractivity contribution in [1.29, 1.82) is 0 Å². The molecule has 1 aliphatic rings. The number of hydrogen-bond acceptors (Lipinski definition) is 4. The Bertz CT molecular complexity index is 527. The van der Waals surface area contributed by atoms with Crippen LogP contribution in [0, 0.1) is 0 Å². The minimum atomic E-state index is -0.820. The van der Waals surface area contributed by atoms with E-state index in [1.54, 1.807) is 11.8 Å². The molecule has 0 spiro atoms. The molecule has 1 aromatic rings. The van der Waals surface area contributed by atoms with Gasteiger partial charge in [-0.3, -0.25) is 14.5 Å². The number of carboxylic acid groups (broad SMARTS) is 1. The second-order valence-electron chi connectivity index (χ2n) is 4.86. The largest absolute Gasteiger partial charge is 0.481 e. The number of anilines is 1. The van der Waals surface area contributed by atoms with Crippen molar-refractivity contribution < 1.29 is 14.7 Å². The fourth-order valence-electron chi connectivity index (χ4n) is 2.24. The van der Waals surface area contributed by atoms with Crippen LogP contribution in [0.15, 0.2) is 28.7 Å². The van der Waals surface area contributed by atoms with E-state index in [9.17, 15) is 9.59 Å². The Morgan fingerprint density at radius 2 is 2.29 bits per heavy atom. The van der Waals surface area contributed by atoms with Gasteiger partial charge >= 0.3 is 5.97 Å². The highest BCUT2D eigenvalue weighted by Crippen LogP contribution is 2.19. The lowest BCUT2D eigenvalue weighted by molar-refractivity contribution is -0.138. The maximum absolute atomic E-state index is 12.1. The lowest BCUT2D eigenvalue weighted by Gasteiger charge is -2.33. The van der Waals surface area contributed by atoms with Gasteiger partial charge in [-0.05, 0) is 18.2 Å². The number of amides is 1. The number of nitrogens with zero attached hydrogens (tertiary/aromatic N) is 1. The van der Waals surface area contributed by atoms with E-state index in [2.05, 4.69) is 21.2 Å². The first kappa shape index (κ1) is 16.3. The van der Waals surface area contributed by atoms with Crippen molar-refractivity contribution in [2.45, 2.75) is 12.5 Å². The average molecular weight is 373 g/mol. The molecule has 1 atom stereocenters. The van der Waals surface area contributed by atoms with Crippen LogP contribution in [0.4, 0.5) is 5.69 Å². The van der Waals surface area contributed by atoms with Crippen molar-refractivity contribution in [2.75, 3.05) is 29.9 Å². The Morgan fingerprint density at radius 3 is 3.00 bits per heavy atom. The van der Waals surface area contributed by atoms with Gasteiger partial charge in [0.15, 0.2) is 0 Å². The molecule has 1 aromatic carbocycles. The Hall–Kier alpha value is -1.05. The quantitative estimate of drug-likeness (QED) is 0.829. The predicted octanol–water partition coefficient (Wildman–Crippen LogP) is 2.28. The SMILES string of the molecule is O=C(O)CC1CSCCN1CC(=O)Nc1cccc(Br)c1. The van der Waals surface area contributed by atoms with Gasteiger partial charge in [0.2, 0.25) is 5.91 Å². The van der Waals surface area contributed by atoms with Gasteiger partial charge in [0.25, 0.3) is 0 Å². The van der Waals surface area contributed by atoms with Crippen molar-refractivity contribution in [3.05, 3.63) is 28.7 Å². The molecule has 2 N–H and O–H groups in total. The van der Waals surface area contributed by atoms with Crippen LogP contribution in [0.3, 0.4) is 0 Å². The van der Waals surface area contributed by atoms with Gasteiger partial charge in [0.1, 0.15) is 0 Å². The van der Waals surface area contributed by atoms with E-state index in [-0.39, 0.29) is 24.9 Å². The fourth-order valence-corrected chi connectivity index (χ4v) is 3.77. The number of aliphatic carboxylic acids is 1. The molecule has 0 bridgehead atoms. The summed E-state index contributed by atoms with van der Waals surface area (Å²) in [6.07, 6.45) is 0.0805. The number of halogens is 1. The smallest absolute Gasteiger partial charge is 0.304 e. The van der Waals surface area contributed by atoms with Crippen LogP contribution in [0.5, 0.6) is 0 Å². The molecule has 1 fully saturated rings. The third-order valence-corrected chi connectivity index (χ3v) is 4.80. The second kappa shape index (κ2) is 7.82. The van der Waals surface area contributed by atoms with Crippen molar-refractivity contribution in [2.24, 2.45) is 0 Å². The van der Waals surface area contributed by atoms with E-state index in [0.717, 1.165) is 28.2 Å². The van der Waals surface area contributed by atoms with E-state index in [4.69, 9.17) is 5.11 Å². The van der Waals surface area contributed by atoms with Crippen LogP contribution in [0.2, 0.25) is 0 Å². The minimum Gasteiger partial charge on any atom is -0.481 e. The van der Waals surface area contributed by atoms with Crippen LogP contribution in [0.1, 0.15) is 6.42 Å². The zero-order valence-corrected chi connectivity index (χ0v) is 13.8. The Kier molecular flexibility index (Phi) is 6.08. The highest BCUT2D eigenvalue weighted by Gasteiger charge is 2.26. The summed E-state index contributed by atoms with van der Waals surface area (Å²) in [5, 5.41) is 11.8. The molecule has 1 heterocycles. The molecular weight excluding hydrogens is 356 g/mol. The number of carbonyl (C=O) groups excluding carboxylic acids is 1. The van der Waals surface area contributed by atoms with Crippen LogP contribution in [-0.2, 0) is 9.59 Å². The Labute approximate surface area is 136 Å². The standard InChI is InChI=1S/C14H17BrN2O3S/c15-10-2-1-3-11(6-10)16-13(18)8-17-4-5-21-9-12(17)7-14(19)20/h1-3,6,12H,4-5,7-9H2,(H,16,18)(H,19,20). The van der Waals surface area contributed by atoms with Crippen LogP contribution in [-0.4, -0.2) is 52.5 Å².